The Kier molecular flexibility index (Phi) is 3.05. The summed E-state index contributed by atoms with van der Waals surface area (Å²) in [4.78, 5) is 4.51. The maximum absolute atomic E-state index is 4.60. The first-order valence-corrected chi connectivity index (χ1v) is 6.98. The van der Waals surface area contributed by atoms with Crippen molar-refractivity contribution >= 4 is 10.9 Å². The van der Waals surface area contributed by atoms with E-state index in [1.54, 1.807) is 0 Å². The molecule has 0 bridgehead atoms. The molecule has 0 aliphatic carbocycles. The molecule has 2 heterocycles. The molecule has 0 saturated carbocycles. The first-order valence-electron chi connectivity index (χ1n) is 6.98. The Labute approximate surface area is 119 Å². The minimum Gasteiger partial charge on any atom is -0.269 e. The number of aryl methyl sites for hydroxylation is 2. The van der Waals surface area contributed by atoms with E-state index in [9.17, 15) is 0 Å². The van der Waals surface area contributed by atoms with Crippen LogP contribution in [0.4, 0.5) is 0 Å². The van der Waals surface area contributed by atoms with Crippen molar-refractivity contribution in [1.29, 1.82) is 0 Å². The van der Waals surface area contributed by atoms with E-state index in [0.717, 1.165) is 11.2 Å². The van der Waals surface area contributed by atoms with E-state index in [1.807, 2.05) is 16.9 Å². The standard InChI is InChI=1S/C17H19N3/c1-11(2)20-10-16(13(4)19-20)15-8-7-14-6-5-9-18-17(14)12(15)3/h5-11H,1-4H3. The Hall–Kier alpha value is -2.16. The van der Waals surface area contributed by atoms with Gasteiger partial charge in [-0.25, -0.2) is 0 Å². The van der Waals surface area contributed by atoms with Crippen LogP contribution in [0.2, 0.25) is 0 Å². The maximum Gasteiger partial charge on any atom is 0.0737 e. The van der Waals surface area contributed by atoms with Gasteiger partial charge in [0.1, 0.15) is 0 Å². The number of hydrogen-bond donors (Lipinski definition) is 0. The van der Waals surface area contributed by atoms with Crippen LogP contribution < -0.4 is 0 Å². The SMILES string of the molecule is Cc1nn(C(C)C)cc1-c1ccc2cccnc2c1C. The van der Waals surface area contributed by atoms with Gasteiger partial charge in [0.15, 0.2) is 0 Å². The third-order valence-electron chi connectivity index (χ3n) is 3.76. The molecule has 0 spiro atoms. The summed E-state index contributed by atoms with van der Waals surface area (Å²) in [5, 5.41) is 5.79. The van der Waals surface area contributed by atoms with Crippen molar-refractivity contribution in [3.8, 4) is 11.1 Å². The summed E-state index contributed by atoms with van der Waals surface area (Å²) in [7, 11) is 0. The highest BCUT2D eigenvalue weighted by atomic mass is 15.3. The topological polar surface area (TPSA) is 30.7 Å². The molecule has 3 aromatic rings. The predicted octanol–water partition coefficient (Wildman–Crippen LogP) is 4.30. The summed E-state index contributed by atoms with van der Waals surface area (Å²) in [6, 6.07) is 8.76. The van der Waals surface area contributed by atoms with E-state index in [0.29, 0.717) is 6.04 Å². The highest BCUT2D eigenvalue weighted by molar-refractivity contribution is 5.88. The van der Waals surface area contributed by atoms with Gasteiger partial charge >= 0.3 is 0 Å². The maximum atomic E-state index is 4.60. The second-order valence-electron chi connectivity index (χ2n) is 5.52. The predicted molar refractivity (Wildman–Crippen MR) is 82.8 cm³/mol. The molecule has 0 saturated heterocycles. The lowest BCUT2D eigenvalue weighted by Crippen LogP contribution is -2.00. The number of aromatic nitrogens is 3. The average molecular weight is 265 g/mol. The first-order chi connectivity index (χ1) is 9.58. The zero-order chi connectivity index (χ0) is 14.3. The molecule has 0 aliphatic heterocycles. The molecule has 3 nitrogen and oxygen atoms in total. The number of pyridine rings is 1. The van der Waals surface area contributed by atoms with Gasteiger partial charge in [0.05, 0.1) is 11.2 Å². The molecule has 3 heteroatoms. The molecule has 0 N–H and O–H groups in total. The van der Waals surface area contributed by atoms with E-state index >= 15 is 0 Å². The Morgan fingerprint density at radius 1 is 1.05 bits per heavy atom. The summed E-state index contributed by atoms with van der Waals surface area (Å²) < 4.78 is 2.02. The summed E-state index contributed by atoms with van der Waals surface area (Å²) >= 11 is 0. The second kappa shape index (κ2) is 4.75. The summed E-state index contributed by atoms with van der Waals surface area (Å²) in [6.45, 7) is 8.49. The smallest absolute Gasteiger partial charge is 0.0737 e. The molecule has 20 heavy (non-hydrogen) atoms. The van der Waals surface area contributed by atoms with Gasteiger partial charge < -0.3 is 0 Å². The van der Waals surface area contributed by atoms with E-state index < -0.39 is 0 Å². The normalized spacial score (nSPS) is 11.4. The third-order valence-corrected chi connectivity index (χ3v) is 3.76. The molecule has 0 radical (unpaired) electrons. The highest BCUT2D eigenvalue weighted by Gasteiger charge is 2.13. The minimum atomic E-state index is 0.376. The highest BCUT2D eigenvalue weighted by Crippen LogP contribution is 2.30. The van der Waals surface area contributed by atoms with Crippen LogP contribution in [0.3, 0.4) is 0 Å². The summed E-state index contributed by atoms with van der Waals surface area (Å²) in [6.07, 6.45) is 3.99. The minimum absolute atomic E-state index is 0.376. The molecule has 2 aromatic heterocycles. The van der Waals surface area contributed by atoms with Gasteiger partial charge in [-0.3, -0.25) is 9.67 Å². The molecule has 102 valence electrons. The van der Waals surface area contributed by atoms with E-state index in [1.165, 1.54) is 22.1 Å². The number of rotatable bonds is 2. The van der Waals surface area contributed by atoms with Gasteiger partial charge in [-0.05, 0) is 44.9 Å². The zero-order valence-electron chi connectivity index (χ0n) is 12.4. The molecular formula is C17H19N3. The Morgan fingerprint density at radius 3 is 2.55 bits per heavy atom. The van der Waals surface area contributed by atoms with Crippen LogP contribution in [-0.2, 0) is 0 Å². The largest absolute Gasteiger partial charge is 0.269 e. The molecule has 1 aromatic carbocycles. The summed E-state index contributed by atoms with van der Waals surface area (Å²) in [5.74, 6) is 0. The van der Waals surface area contributed by atoms with Crippen molar-refractivity contribution in [3.63, 3.8) is 0 Å². The van der Waals surface area contributed by atoms with Crippen LogP contribution in [-0.4, -0.2) is 14.8 Å². The summed E-state index contributed by atoms with van der Waals surface area (Å²) in [5.41, 5.74) is 5.78. The van der Waals surface area contributed by atoms with Crippen LogP contribution >= 0.6 is 0 Å². The number of benzene rings is 1. The quantitative estimate of drug-likeness (QED) is 0.691. The number of hydrogen-bond acceptors (Lipinski definition) is 2. The van der Waals surface area contributed by atoms with Crippen molar-refractivity contribution in [2.75, 3.05) is 0 Å². The monoisotopic (exact) mass is 265 g/mol. The van der Waals surface area contributed by atoms with Crippen molar-refractivity contribution < 1.29 is 0 Å². The first kappa shape index (κ1) is 12.9. The lowest BCUT2D eigenvalue weighted by Gasteiger charge is -2.08. The van der Waals surface area contributed by atoms with Crippen LogP contribution in [0.1, 0.15) is 31.1 Å². The Bertz CT molecular complexity index is 769. The van der Waals surface area contributed by atoms with E-state index in [4.69, 9.17) is 0 Å². The van der Waals surface area contributed by atoms with Gasteiger partial charge in [-0.2, -0.15) is 5.10 Å². The fourth-order valence-corrected chi connectivity index (χ4v) is 2.59. The molecule has 0 fully saturated rings. The van der Waals surface area contributed by atoms with Gasteiger partial charge in [-0.15, -0.1) is 0 Å². The van der Waals surface area contributed by atoms with Crippen molar-refractivity contribution in [2.45, 2.75) is 33.7 Å². The van der Waals surface area contributed by atoms with Crippen molar-refractivity contribution in [3.05, 3.63) is 47.9 Å². The van der Waals surface area contributed by atoms with Crippen molar-refractivity contribution in [2.24, 2.45) is 0 Å². The fraction of sp³-hybridized carbons (Fsp3) is 0.294. The van der Waals surface area contributed by atoms with E-state index in [2.05, 4.69) is 62.2 Å². The van der Waals surface area contributed by atoms with Gasteiger partial charge in [0.2, 0.25) is 0 Å². The Morgan fingerprint density at radius 2 is 1.85 bits per heavy atom. The van der Waals surface area contributed by atoms with Crippen LogP contribution in [0.15, 0.2) is 36.7 Å². The van der Waals surface area contributed by atoms with Crippen molar-refractivity contribution in [1.82, 2.24) is 14.8 Å². The molecule has 3 rings (SSSR count). The van der Waals surface area contributed by atoms with E-state index in [-0.39, 0.29) is 0 Å². The van der Waals surface area contributed by atoms with Crippen LogP contribution in [0.5, 0.6) is 0 Å². The lowest BCUT2D eigenvalue weighted by atomic mass is 9.98. The van der Waals surface area contributed by atoms with Crippen LogP contribution in [0, 0.1) is 13.8 Å². The van der Waals surface area contributed by atoms with Crippen LogP contribution in [0.25, 0.3) is 22.0 Å². The van der Waals surface area contributed by atoms with Gasteiger partial charge in [-0.1, -0.05) is 18.2 Å². The van der Waals surface area contributed by atoms with Gasteiger partial charge in [0.25, 0.3) is 0 Å². The average Bonchev–Trinajstić information content (AvgIpc) is 2.82. The Balaban J connectivity index is 2.22. The lowest BCUT2D eigenvalue weighted by molar-refractivity contribution is 0.529. The van der Waals surface area contributed by atoms with Gasteiger partial charge in [0, 0.05) is 29.4 Å². The fourth-order valence-electron chi connectivity index (χ4n) is 2.59. The second-order valence-corrected chi connectivity index (χ2v) is 5.52. The zero-order valence-corrected chi connectivity index (χ0v) is 12.4. The number of fused-ring (bicyclic) bond motifs is 1. The molecule has 0 amide bonds. The molecular weight excluding hydrogens is 246 g/mol. The number of nitrogens with zero attached hydrogens (tertiary/aromatic N) is 3. The molecule has 0 aliphatic rings. The molecule has 0 atom stereocenters. The molecule has 0 unspecified atom stereocenters. The third kappa shape index (κ3) is 1.99.